The van der Waals surface area contributed by atoms with E-state index in [0.717, 1.165) is 27.1 Å². The summed E-state index contributed by atoms with van der Waals surface area (Å²) in [4.78, 5) is 4.29. The molecule has 0 bridgehead atoms. The molecule has 0 spiro atoms. The van der Waals surface area contributed by atoms with Crippen molar-refractivity contribution in [2.75, 3.05) is 5.32 Å². The average molecular weight is 317 g/mol. The first kappa shape index (κ1) is 14.0. The lowest BCUT2D eigenvalue weighted by Gasteiger charge is -2.05. The Kier molecular flexibility index (Phi) is 4.13. The van der Waals surface area contributed by atoms with Gasteiger partial charge in [-0.1, -0.05) is 35.1 Å². The largest absolute Gasteiger partial charge is 0.329 e. The predicted molar refractivity (Wildman–Crippen MR) is 86.4 cm³/mol. The zero-order valence-corrected chi connectivity index (χ0v) is 12.9. The lowest BCUT2D eigenvalue weighted by atomic mass is 10.2. The van der Waals surface area contributed by atoms with Crippen LogP contribution in [0.15, 0.2) is 42.6 Å². The molecule has 0 aliphatic rings. The van der Waals surface area contributed by atoms with E-state index < -0.39 is 0 Å². The maximum absolute atomic E-state index is 6.17. The van der Waals surface area contributed by atoms with E-state index in [0.29, 0.717) is 11.4 Å². The molecule has 3 rings (SSSR count). The molecule has 1 aromatic carbocycles. The van der Waals surface area contributed by atoms with Crippen LogP contribution in [0.4, 0.5) is 10.8 Å². The molecule has 0 unspecified atom stereocenters. The van der Waals surface area contributed by atoms with Gasteiger partial charge < -0.3 is 5.32 Å². The molecule has 4 nitrogen and oxygen atoms in total. The van der Waals surface area contributed by atoms with E-state index in [2.05, 4.69) is 20.5 Å². The van der Waals surface area contributed by atoms with Crippen LogP contribution in [-0.2, 0) is 6.42 Å². The van der Waals surface area contributed by atoms with Crippen molar-refractivity contribution in [3.63, 3.8) is 0 Å². The minimum atomic E-state index is 0.669. The molecule has 0 amide bonds. The van der Waals surface area contributed by atoms with Gasteiger partial charge in [-0.25, -0.2) is 0 Å². The summed E-state index contributed by atoms with van der Waals surface area (Å²) in [6.45, 7) is 2.02. The highest BCUT2D eigenvalue weighted by atomic mass is 35.5. The second kappa shape index (κ2) is 6.20. The number of hydrogen-bond donors (Lipinski definition) is 1. The van der Waals surface area contributed by atoms with Crippen LogP contribution in [0.2, 0.25) is 5.02 Å². The highest BCUT2D eigenvalue weighted by Crippen LogP contribution is 2.28. The van der Waals surface area contributed by atoms with Crippen LogP contribution in [0.3, 0.4) is 0 Å². The lowest BCUT2D eigenvalue weighted by molar-refractivity contribution is 0.978. The molecule has 0 saturated heterocycles. The van der Waals surface area contributed by atoms with Crippen LogP contribution in [0.5, 0.6) is 0 Å². The summed E-state index contributed by atoms with van der Waals surface area (Å²) in [6, 6.07) is 11.7. The molecular formula is C15H13ClN4S. The van der Waals surface area contributed by atoms with Crippen LogP contribution in [0.25, 0.3) is 0 Å². The van der Waals surface area contributed by atoms with Gasteiger partial charge in [-0.05, 0) is 36.8 Å². The van der Waals surface area contributed by atoms with Gasteiger partial charge in [-0.15, -0.1) is 10.2 Å². The molecule has 0 aliphatic carbocycles. The Bertz CT molecular complexity index is 742. The SMILES string of the molecule is Cc1ccc(Cl)c(Nc2nnc(Cc3ccccn3)s2)c1. The zero-order chi connectivity index (χ0) is 14.7. The van der Waals surface area contributed by atoms with E-state index in [-0.39, 0.29) is 0 Å². The maximum Gasteiger partial charge on any atom is 0.210 e. The van der Waals surface area contributed by atoms with Crippen molar-refractivity contribution >= 4 is 33.8 Å². The molecule has 0 radical (unpaired) electrons. The van der Waals surface area contributed by atoms with Crippen LogP contribution in [0, 0.1) is 6.92 Å². The normalized spacial score (nSPS) is 10.6. The van der Waals surface area contributed by atoms with Gasteiger partial charge >= 0.3 is 0 Å². The quantitative estimate of drug-likeness (QED) is 0.782. The van der Waals surface area contributed by atoms with Crippen molar-refractivity contribution in [2.24, 2.45) is 0 Å². The number of aryl methyl sites for hydroxylation is 1. The number of pyridine rings is 1. The molecule has 6 heteroatoms. The van der Waals surface area contributed by atoms with Crippen LogP contribution in [0.1, 0.15) is 16.3 Å². The van der Waals surface area contributed by atoms with Gasteiger partial charge in [-0.3, -0.25) is 4.98 Å². The summed E-state index contributed by atoms with van der Waals surface area (Å²) in [7, 11) is 0. The average Bonchev–Trinajstić information content (AvgIpc) is 2.91. The molecule has 0 fully saturated rings. The topological polar surface area (TPSA) is 50.7 Å². The maximum atomic E-state index is 6.17. The number of aromatic nitrogens is 3. The smallest absolute Gasteiger partial charge is 0.210 e. The molecular weight excluding hydrogens is 304 g/mol. The molecule has 2 heterocycles. The Hall–Kier alpha value is -1.98. The van der Waals surface area contributed by atoms with E-state index in [1.165, 1.54) is 11.3 Å². The van der Waals surface area contributed by atoms with E-state index >= 15 is 0 Å². The fraction of sp³-hybridized carbons (Fsp3) is 0.133. The van der Waals surface area contributed by atoms with Gasteiger partial charge in [0.1, 0.15) is 5.01 Å². The number of halogens is 1. The lowest BCUT2D eigenvalue weighted by Crippen LogP contribution is -1.91. The van der Waals surface area contributed by atoms with E-state index in [9.17, 15) is 0 Å². The molecule has 106 valence electrons. The number of hydrogen-bond acceptors (Lipinski definition) is 5. The van der Waals surface area contributed by atoms with Crippen LogP contribution in [-0.4, -0.2) is 15.2 Å². The van der Waals surface area contributed by atoms with Crippen molar-refractivity contribution in [1.29, 1.82) is 0 Å². The van der Waals surface area contributed by atoms with Crippen LogP contribution >= 0.6 is 22.9 Å². The Morgan fingerprint density at radius 2 is 2.10 bits per heavy atom. The van der Waals surface area contributed by atoms with Gasteiger partial charge in [0.2, 0.25) is 5.13 Å². The fourth-order valence-electron chi connectivity index (χ4n) is 1.88. The van der Waals surface area contributed by atoms with Crippen molar-refractivity contribution in [3.8, 4) is 0 Å². The Balaban J connectivity index is 1.75. The van der Waals surface area contributed by atoms with Gasteiger partial charge in [0.15, 0.2) is 0 Å². The third kappa shape index (κ3) is 3.56. The van der Waals surface area contributed by atoms with E-state index in [1.807, 2.05) is 43.3 Å². The number of anilines is 2. The van der Waals surface area contributed by atoms with E-state index in [4.69, 9.17) is 11.6 Å². The second-order valence-corrected chi connectivity index (χ2v) is 6.08. The molecule has 0 atom stereocenters. The third-order valence-electron chi connectivity index (χ3n) is 2.89. The van der Waals surface area contributed by atoms with Crippen LogP contribution < -0.4 is 5.32 Å². The summed E-state index contributed by atoms with van der Waals surface area (Å²) < 4.78 is 0. The first-order valence-electron chi connectivity index (χ1n) is 6.46. The number of nitrogens with one attached hydrogen (secondary N) is 1. The summed E-state index contributed by atoms with van der Waals surface area (Å²) in [6.07, 6.45) is 2.46. The zero-order valence-electron chi connectivity index (χ0n) is 11.4. The highest BCUT2D eigenvalue weighted by molar-refractivity contribution is 7.15. The molecule has 21 heavy (non-hydrogen) atoms. The number of benzene rings is 1. The third-order valence-corrected chi connectivity index (χ3v) is 4.06. The van der Waals surface area contributed by atoms with Crippen molar-refractivity contribution in [3.05, 3.63) is 63.9 Å². The minimum Gasteiger partial charge on any atom is -0.329 e. The molecule has 2 aromatic heterocycles. The number of rotatable bonds is 4. The second-order valence-electron chi connectivity index (χ2n) is 4.61. The van der Waals surface area contributed by atoms with Gasteiger partial charge in [-0.2, -0.15) is 0 Å². The molecule has 3 aromatic rings. The van der Waals surface area contributed by atoms with E-state index in [1.54, 1.807) is 6.20 Å². The van der Waals surface area contributed by atoms with Crippen molar-refractivity contribution in [2.45, 2.75) is 13.3 Å². The van der Waals surface area contributed by atoms with Crippen molar-refractivity contribution in [1.82, 2.24) is 15.2 Å². The predicted octanol–water partition coefficient (Wildman–Crippen LogP) is 4.23. The first-order valence-corrected chi connectivity index (χ1v) is 7.65. The van der Waals surface area contributed by atoms with Gasteiger partial charge in [0, 0.05) is 18.3 Å². The minimum absolute atomic E-state index is 0.669. The molecule has 0 aliphatic heterocycles. The summed E-state index contributed by atoms with van der Waals surface area (Å²) in [5, 5.41) is 13.9. The van der Waals surface area contributed by atoms with Gasteiger partial charge in [0.25, 0.3) is 0 Å². The first-order chi connectivity index (χ1) is 10.2. The Morgan fingerprint density at radius 1 is 1.19 bits per heavy atom. The van der Waals surface area contributed by atoms with Gasteiger partial charge in [0.05, 0.1) is 10.7 Å². The molecule has 1 N–H and O–H groups in total. The fourth-order valence-corrected chi connectivity index (χ4v) is 2.82. The molecule has 0 saturated carbocycles. The summed E-state index contributed by atoms with van der Waals surface area (Å²) in [5.41, 5.74) is 2.96. The monoisotopic (exact) mass is 316 g/mol. The summed E-state index contributed by atoms with van der Waals surface area (Å²) >= 11 is 7.67. The summed E-state index contributed by atoms with van der Waals surface area (Å²) in [5.74, 6) is 0. The number of nitrogens with zero attached hydrogens (tertiary/aromatic N) is 3. The Labute approximate surface area is 131 Å². The highest BCUT2D eigenvalue weighted by Gasteiger charge is 2.08. The standard InChI is InChI=1S/C15H13ClN4S/c1-10-5-6-12(16)13(8-10)18-15-20-19-14(21-15)9-11-4-2-3-7-17-11/h2-8H,9H2,1H3,(H,18,20). The Morgan fingerprint density at radius 3 is 2.90 bits per heavy atom. The van der Waals surface area contributed by atoms with Crippen molar-refractivity contribution < 1.29 is 0 Å².